The number of nitrogens with one attached hydrogen (secondary N) is 1. The number of ether oxygens (including phenoxy) is 1. The van der Waals surface area contributed by atoms with Gasteiger partial charge in [0.15, 0.2) is 0 Å². The van der Waals surface area contributed by atoms with Crippen LogP contribution in [0.15, 0.2) is 0 Å². The zero-order chi connectivity index (χ0) is 8.48. The van der Waals surface area contributed by atoms with E-state index in [1.54, 1.807) is 13.8 Å². The van der Waals surface area contributed by atoms with Crippen LogP contribution in [0, 0.1) is 0 Å². The fourth-order valence-corrected chi connectivity index (χ4v) is 1.03. The van der Waals surface area contributed by atoms with Gasteiger partial charge in [-0.05, 0) is 13.8 Å². The summed E-state index contributed by atoms with van der Waals surface area (Å²) in [7, 11) is 0. The molecule has 0 aliphatic carbocycles. The Morgan fingerprint density at radius 3 is 2.91 bits per heavy atom. The van der Waals surface area contributed by atoms with Crippen LogP contribution in [0.1, 0.15) is 13.8 Å². The molecule has 0 saturated carbocycles. The molecule has 1 saturated heterocycles. The van der Waals surface area contributed by atoms with Gasteiger partial charge in [0.1, 0.15) is 5.60 Å². The van der Waals surface area contributed by atoms with Gasteiger partial charge in [0.05, 0.1) is 12.7 Å². The minimum absolute atomic E-state index is 0.0519. The number of carbonyl (C=O) groups is 1. The highest BCUT2D eigenvalue weighted by Crippen LogP contribution is 2.15. The van der Waals surface area contributed by atoms with Crippen LogP contribution in [0.3, 0.4) is 0 Å². The van der Waals surface area contributed by atoms with Gasteiger partial charge in [-0.1, -0.05) is 0 Å². The molecule has 0 spiro atoms. The smallest absolute Gasteiger partial charge is 0.251 e. The maximum Gasteiger partial charge on any atom is 0.251 e. The average molecular weight is 159 g/mol. The van der Waals surface area contributed by atoms with E-state index in [-0.39, 0.29) is 18.6 Å². The summed E-state index contributed by atoms with van der Waals surface area (Å²) in [6.45, 7) is 3.72. The molecule has 1 aliphatic heterocycles. The summed E-state index contributed by atoms with van der Waals surface area (Å²) < 4.78 is 5.27. The van der Waals surface area contributed by atoms with Crippen LogP contribution >= 0.6 is 0 Å². The second kappa shape index (κ2) is 2.79. The maximum atomic E-state index is 11.1. The zero-order valence-electron chi connectivity index (χ0n) is 6.76. The second-order valence-corrected chi connectivity index (χ2v) is 3.14. The number of hydrogen-bond acceptors (Lipinski definition) is 3. The molecule has 1 rings (SSSR count). The molecule has 1 unspecified atom stereocenters. The Labute approximate surface area is 65.5 Å². The van der Waals surface area contributed by atoms with Crippen LogP contribution in [0.2, 0.25) is 0 Å². The third-order valence-electron chi connectivity index (χ3n) is 1.70. The van der Waals surface area contributed by atoms with Crippen molar-refractivity contribution in [1.82, 2.24) is 5.32 Å². The van der Waals surface area contributed by atoms with Gasteiger partial charge >= 0.3 is 0 Å². The minimum atomic E-state index is -0.800. The number of hydrogen-bond donors (Lipinski definition) is 2. The van der Waals surface area contributed by atoms with Crippen LogP contribution in [0.4, 0.5) is 0 Å². The lowest BCUT2D eigenvalue weighted by molar-refractivity contribution is -0.163. The molecule has 1 amide bonds. The number of amides is 1. The molecule has 0 aromatic carbocycles. The van der Waals surface area contributed by atoms with Crippen molar-refractivity contribution in [3.8, 4) is 0 Å². The molecule has 1 heterocycles. The first-order valence-corrected chi connectivity index (χ1v) is 3.63. The monoisotopic (exact) mass is 159 g/mol. The van der Waals surface area contributed by atoms with E-state index in [1.807, 2.05) is 0 Å². The van der Waals surface area contributed by atoms with Crippen molar-refractivity contribution in [1.29, 1.82) is 0 Å². The Kier molecular flexibility index (Phi) is 2.15. The first-order valence-electron chi connectivity index (χ1n) is 3.63. The highest BCUT2D eigenvalue weighted by atomic mass is 16.5. The summed E-state index contributed by atoms with van der Waals surface area (Å²) in [5, 5.41) is 11.4. The van der Waals surface area contributed by atoms with Gasteiger partial charge in [-0.2, -0.15) is 0 Å². The Balaban J connectivity index is 2.59. The SMILES string of the molecule is CC1(C)OC(CO)CNC1=O. The first-order chi connectivity index (χ1) is 5.06. The molecular weight excluding hydrogens is 146 g/mol. The number of morpholine rings is 1. The lowest BCUT2D eigenvalue weighted by Gasteiger charge is -2.34. The van der Waals surface area contributed by atoms with Crippen molar-refractivity contribution in [2.45, 2.75) is 25.6 Å². The van der Waals surface area contributed by atoms with Gasteiger partial charge in [-0.25, -0.2) is 0 Å². The molecule has 1 fully saturated rings. The summed E-state index contributed by atoms with van der Waals surface area (Å²) in [6, 6.07) is 0. The summed E-state index contributed by atoms with van der Waals surface area (Å²) >= 11 is 0. The van der Waals surface area contributed by atoms with E-state index in [0.717, 1.165) is 0 Å². The Hall–Kier alpha value is -0.610. The molecular formula is C7H13NO3. The van der Waals surface area contributed by atoms with E-state index in [1.165, 1.54) is 0 Å². The predicted molar refractivity (Wildman–Crippen MR) is 39.0 cm³/mol. The standard InChI is InChI=1S/C7H13NO3/c1-7(2)6(10)8-3-5(4-9)11-7/h5,9H,3-4H2,1-2H3,(H,8,10). The largest absolute Gasteiger partial charge is 0.394 e. The number of rotatable bonds is 1. The number of aliphatic hydroxyl groups is 1. The molecule has 4 heteroatoms. The summed E-state index contributed by atoms with van der Waals surface area (Å²) in [6.07, 6.45) is -0.261. The summed E-state index contributed by atoms with van der Waals surface area (Å²) in [5.74, 6) is -0.123. The van der Waals surface area contributed by atoms with E-state index in [4.69, 9.17) is 9.84 Å². The quantitative estimate of drug-likeness (QED) is 0.530. The lowest BCUT2D eigenvalue weighted by atomic mass is 10.1. The van der Waals surface area contributed by atoms with Gasteiger partial charge in [0, 0.05) is 6.54 Å². The van der Waals surface area contributed by atoms with Crippen LogP contribution in [0.25, 0.3) is 0 Å². The number of carbonyl (C=O) groups excluding carboxylic acids is 1. The second-order valence-electron chi connectivity index (χ2n) is 3.14. The topological polar surface area (TPSA) is 58.6 Å². The van der Waals surface area contributed by atoms with Crippen molar-refractivity contribution in [2.75, 3.05) is 13.2 Å². The van der Waals surface area contributed by atoms with Gasteiger partial charge in [-0.15, -0.1) is 0 Å². The van der Waals surface area contributed by atoms with Crippen molar-refractivity contribution in [3.05, 3.63) is 0 Å². The molecule has 1 atom stereocenters. The van der Waals surface area contributed by atoms with E-state index in [0.29, 0.717) is 6.54 Å². The Morgan fingerprint density at radius 2 is 2.45 bits per heavy atom. The molecule has 1 aliphatic rings. The van der Waals surface area contributed by atoms with Crippen LogP contribution in [-0.2, 0) is 9.53 Å². The highest BCUT2D eigenvalue weighted by molar-refractivity contribution is 5.84. The fraction of sp³-hybridized carbons (Fsp3) is 0.857. The molecule has 11 heavy (non-hydrogen) atoms. The molecule has 2 N–H and O–H groups in total. The normalized spacial score (nSPS) is 29.7. The third-order valence-corrected chi connectivity index (χ3v) is 1.70. The van der Waals surface area contributed by atoms with Crippen molar-refractivity contribution < 1.29 is 14.6 Å². The van der Waals surface area contributed by atoms with Gasteiger partial charge in [0.2, 0.25) is 0 Å². The van der Waals surface area contributed by atoms with E-state index in [2.05, 4.69) is 5.32 Å². The summed E-state index contributed by atoms with van der Waals surface area (Å²) in [4.78, 5) is 11.1. The van der Waals surface area contributed by atoms with E-state index in [9.17, 15) is 4.79 Å². The van der Waals surface area contributed by atoms with Gasteiger partial charge in [0.25, 0.3) is 5.91 Å². The van der Waals surface area contributed by atoms with Crippen LogP contribution in [0.5, 0.6) is 0 Å². The van der Waals surface area contributed by atoms with Gasteiger partial charge in [-0.3, -0.25) is 4.79 Å². The molecule has 0 aromatic heterocycles. The maximum absolute atomic E-state index is 11.1. The molecule has 64 valence electrons. The Morgan fingerprint density at radius 1 is 1.82 bits per heavy atom. The molecule has 0 aromatic rings. The first kappa shape index (κ1) is 8.49. The molecule has 0 bridgehead atoms. The lowest BCUT2D eigenvalue weighted by Crippen LogP contribution is -2.55. The third kappa shape index (κ3) is 1.70. The van der Waals surface area contributed by atoms with Gasteiger partial charge < -0.3 is 15.2 Å². The van der Waals surface area contributed by atoms with Crippen LogP contribution in [-0.4, -0.2) is 35.9 Å². The van der Waals surface area contributed by atoms with Crippen LogP contribution < -0.4 is 5.32 Å². The minimum Gasteiger partial charge on any atom is -0.394 e. The molecule has 0 radical (unpaired) electrons. The number of aliphatic hydroxyl groups excluding tert-OH is 1. The van der Waals surface area contributed by atoms with E-state index < -0.39 is 5.60 Å². The fourth-order valence-electron chi connectivity index (χ4n) is 1.03. The Bertz CT molecular complexity index is 167. The highest BCUT2D eigenvalue weighted by Gasteiger charge is 2.35. The zero-order valence-corrected chi connectivity index (χ0v) is 6.76. The van der Waals surface area contributed by atoms with Crippen molar-refractivity contribution in [3.63, 3.8) is 0 Å². The molecule has 4 nitrogen and oxygen atoms in total. The van der Waals surface area contributed by atoms with E-state index >= 15 is 0 Å². The van der Waals surface area contributed by atoms with Crippen molar-refractivity contribution >= 4 is 5.91 Å². The summed E-state index contributed by atoms with van der Waals surface area (Å²) in [5.41, 5.74) is -0.800. The average Bonchev–Trinajstić information content (AvgIpc) is 1.95. The van der Waals surface area contributed by atoms with Crippen molar-refractivity contribution in [2.24, 2.45) is 0 Å². The predicted octanol–water partition coefficient (Wildman–Crippen LogP) is -0.728.